The molecule has 0 aliphatic rings. The lowest BCUT2D eigenvalue weighted by Crippen LogP contribution is -1.88. The zero-order valence-electron chi connectivity index (χ0n) is 8.41. The smallest absolute Gasteiger partial charge is 0.144 e. The van der Waals surface area contributed by atoms with Gasteiger partial charge >= 0.3 is 0 Å². The Hall–Kier alpha value is -2.36. The number of nitrogens with zero attached hydrogens (tertiary/aromatic N) is 3. The van der Waals surface area contributed by atoms with Gasteiger partial charge in [-0.25, -0.2) is 4.98 Å². The lowest BCUT2D eigenvalue weighted by molar-refractivity contribution is 0.472. The summed E-state index contributed by atoms with van der Waals surface area (Å²) in [7, 11) is 0. The van der Waals surface area contributed by atoms with Gasteiger partial charge in [0, 0.05) is 18.0 Å². The van der Waals surface area contributed by atoms with Crippen molar-refractivity contribution < 1.29 is 5.11 Å². The molecule has 0 saturated heterocycles. The Kier molecular flexibility index (Phi) is 1.86. The third-order valence-electron chi connectivity index (χ3n) is 2.45. The molecule has 0 aliphatic carbocycles. The van der Waals surface area contributed by atoms with Crippen LogP contribution in [0.1, 0.15) is 0 Å². The number of hydrogen-bond acceptors (Lipinski definition) is 3. The third kappa shape index (κ3) is 1.32. The molecule has 0 bridgehead atoms. The van der Waals surface area contributed by atoms with Crippen molar-refractivity contribution in [3.05, 3.63) is 49.1 Å². The Morgan fingerprint density at radius 2 is 1.88 bits per heavy atom. The van der Waals surface area contributed by atoms with Crippen LogP contribution in [0.25, 0.3) is 16.9 Å². The molecule has 0 aromatic carbocycles. The van der Waals surface area contributed by atoms with Gasteiger partial charge in [-0.15, -0.1) is 0 Å². The molecule has 0 amide bonds. The first-order valence-electron chi connectivity index (χ1n) is 4.91. The van der Waals surface area contributed by atoms with Crippen LogP contribution in [-0.4, -0.2) is 19.5 Å². The van der Waals surface area contributed by atoms with Crippen molar-refractivity contribution >= 4 is 5.52 Å². The molecule has 0 saturated carbocycles. The van der Waals surface area contributed by atoms with Gasteiger partial charge in [-0.05, 0) is 24.3 Å². The monoisotopic (exact) mass is 211 g/mol. The topological polar surface area (TPSA) is 50.4 Å². The van der Waals surface area contributed by atoms with Crippen LogP contribution < -0.4 is 0 Å². The zero-order chi connectivity index (χ0) is 11.0. The highest BCUT2D eigenvalue weighted by Gasteiger charge is 2.05. The minimum absolute atomic E-state index is 0.223. The summed E-state index contributed by atoms with van der Waals surface area (Å²) in [5.41, 5.74) is 1.92. The van der Waals surface area contributed by atoms with Crippen LogP contribution in [-0.2, 0) is 0 Å². The third-order valence-corrected chi connectivity index (χ3v) is 2.45. The van der Waals surface area contributed by atoms with Gasteiger partial charge in [0.25, 0.3) is 0 Å². The maximum Gasteiger partial charge on any atom is 0.144 e. The van der Waals surface area contributed by atoms with Crippen molar-refractivity contribution in [3.8, 4) is 17.1 Å². The van der Waals surface area contributed by atoms with Crippen molar-refractivity contribution in [2.75, 3.05) is 0 Å². The summed E-state index contributed by atoms with van der Waals surface area (Å²) in [6.07, 6.45) is 6.87. The van der Waals surface area contributed by atoms with E-state index in [-0.39, 0.29) is 5.75 Å². The molecule has 0 spiro atoms. The molecule has 3 aromatic heterocycles. The predicted octanol–water partition coefficient (Wildman–Crippen LogP) is 2.10. The summed E-state index contributed by atoms with van der Waals surface area (Å²) < 4.78 is 1.85. The number of imidazole rings is 1. The van der Waals surface area contributed by atoms with Gasteiger partial charge in [-0.2, -0.15) is 0 Å². The summed E-state index contributed by atoms with van der Waals surface area (Å²) >= 11 is 0. The maximum atomic E-state index is 9.46. The summed E-state index contributed by atoms with van der Waals surface area (Å²) in [5, 5.41) is 9.46. The summed E-state index contributed by atoms with van der Waals surface area (Å²) in [4.78, 5) is 8.30. The molecule has 0 fully saturated rings. The van der Waals surface area contributed by atoms with Crippen LogP contribution in [0.5, 0.6) is 5.75 Å². The fraction of sp³-hybridized carbons (Fsp3) is 0. The van der Waals surface area contributed by atoms with Crippen molar-refractivity contribution in [1.29, 1.82) is 0 Å². The van der Waals surface area contributed by atoms with Crippen LogP contribution in [0, 0.1) is 0 Å². The second-order valence-corrected chi connectivity index (χ2v) is 3.50. The summed E-state index contributed by atoms with van der Waals surface area (Å²) in [6.45, 7) is 0. The van der Waals surface area contributed by atoms with Crippen LogP contribution in [0.3, 0.4) is 0 Å². The number of aromatic hydroxyl groups is 1. The highest BCUT2D eigenvalue weighted by atomic mass is 16.3. The fourth-order valence-electron chi connectivity index (χ4n) is 1.69. The molecule has 3 heterocycles. The highest BCUT2D eigenvalue weighted by Crippen LogP contribution is 2.21. The van der Waals surface area contributed by atoms with E-state index in [2.05, 4.69) is 9.97 Å². The standard InChI is InChI=1S/C12H9N3O/c16-11-2-1-10-7-14-12(15(10)8-11)9-3-5-13-6-4-9/h1-8,16H. The lowest BCUT2D eigenvalue weighted by atomic mass is 10.2. The highest BCUT2D eigenvalue weighted by molar-refractivity contribution is 5.62. The van der Waals surface area contributed by atoms with Crippen molar-refractivity contribution in [2.24, 2.45) is 0 Å². The Labute approximate surface area is 91.8 Å². The maximum absolute atomic E-state index is 9.46. The average molecular weight is 211 g/mol. The molecule has 78 valence electrons. The van der Waals surface area contributed by atoms with Crippen LogP contribution in [0.4, 0.5) is 0 Å². The number of aromatic nitrogens is 3. The summed E-state index contributed by atoms with van der Waals surface area (Å²) in [6, 6.07) is 7.25. The van der Waals surface area contributed by atoms with E-state index < -0.39 is 0 Å². The first-order valence-corrected chi connectivity index (χ1v) is 4.91. The molecule has 0 aliphatic heterocycles. The molecule has 3 aromatic rings. The SMILES string of the molecule is Oc1ccc2cnc(-c3ccncc3)n2c1. The van der Waals surface area contributed by atoms with E-state index in [0.717, 1.165) is 16.9 Å². The minimum atomic E-state index is 0.223. The quantitative estimate of drug-likeness (QED) is 0.670. The number of fused-ring (bicyclic) bond motifs is 1. The minimum Gasteiger partial charge on any atom is -0.506 e. The van der Waals surface area contributed by atoms with Crippen LogP contribution >= 0.6 is 0 Å². The van der Waals surface area contributed by atoms with E-state index in [1.54, 1.807) is 30.9 Å². The summed E-state index contributed by atoms with van der Waals surface area (Å²) in [5.74, 6) is 1.02. The largest absolute Gasteiger partial charge is 0.506 e. The Bertz CT molecular complexity index is 631. The molecule has 3 rings (SSSR count). The Balaban J connectivity index is 2.29. The Morgan fingerprint density at radius 1 is 1.06 bits per heavy atom. The number of rotatable bonds is 1. The van der Waals surface area contributed by atoms with Gasteiger partial charge in [0.05, 0.1) is 17.9 Å². The number of hydrogen-bond donors (Lipinski definition) is 1. The molecule has 0 atom stereocenters. The van der Waals surface area contributed by atoms with Crippen molar-refractivity contribution in [1.82, 2.24) is 14.4 Å². The molecular formula is C12H9N3O. The van der Waals surface area contributed by atoms with E-state index in [0.29, 0.717) is 0 Å². The average Bonchev–Trinajstić information content (AvgIpc) is 2.73. The number of pyridine rings is 2. The van der Waals surface area contributed by atoms with Crippen LogP contribution in [0.15, 0.2) is 49.1 Å². The van der Waals surface area contributed by atoms with Gasteiger partial charge in [0.1, 0.15) is 11.6 Å². The second kappa shape index (κ2) is 3.34. The van der Waals surface area contributed by atoms with Gasteiger partial charge in [-0.1, -0.05) is 0 Å². The van der Waals surface area contributed by atoms with Gasteiger partial charge in [0.2, 0.25) is 0 Å². The van der Waals surface area contributed by atoms with Crippen molar-refractivity contribution in [3.63, 3.8) is 0 Å². The van der Waals surface area contributed by atoms with E-state index in [4.69, 9.17) is 0 Å². The zero-order valence-corrected chi connectivity index (χ0v) is 8.41. The molecular weight excluding hydrogens is 202 g/mol. The van der Waals surface area contributed by atoms with Gasteiger partial charge in [-0.3, -0.25) is 9.38 Å². The molecule has 16 heavy (non-hydrogen) atoms. The normalized spacial score (nSPS) is 10.8. The first kappa shape index (κ1) is 8.91. The lowest BCUT2D eigenvalue weighted by Gasteiger charge is -2.01. The first-order chi connectivity index (χ1) is 7.84. The molecule has 4 nitrogen and oxygen atoms in total. The van der Waals surface area contributed by atoms with Gasteiger partial charge < -0.3 is 5.11 Å². The molecule has 4 heteroatoms. The van der Waals surface area contributed by atoms with E-state index >= 15 is 0 Å². The second-order valence-electron chi connectivity index (χ2n) is 3.50. The van der Waals surface area contributed by atoms with E-state index in [1.165, 1.54) is 0 Å². The van der Waals surface area contributed by atoms with Gasteiger partial charge in [0.15, 0.2) is 0 Å². The van der Waals surface area contributed by atoms with E-state index in [9.17, 15) is 5.11 Å². The van der Waals surface area contributed by atoms with Crippen molar-refractivity contribution in [2.45, 2.75) is 0 Å². The predicted molar refractivity (Wildman–Crippen MR) is 60.1 cm³/mol. The van der Waals surface area contributed by atoms with E-state index in [1.807, 2.05) is 22.6 Å². The molecule has 1 N–H and O–H groups in total. The fourth-order valence-corrected chi connectivity index (χ4v) is 1.69. The van der Waals surface area contributed by atoms with Crippen LogP contribution in [0.2, 0.25) is 0 Å². The molecule has 0 radical (unpaired) electrons. The molecule has 0 unspecified atom stereocenters. The Morgan fingerprint density at radius 3 is 2.69 bits per heavy atom.